The van der Waals surface area contributed by atoms with E-state index in [9.17, 15) is 0 Å². The topological polar surface area (TPSA) is 16.4 Å². The van der Waals surface area contributed by atoms with Crippen molar-refractivity contribution in [3.63, 3.8) is 0 Å². The van der Waals surface area contributed by atoms with Gasteiger partial charge in [0.05, 0.1) is 5.69 Å². The standard InChI is InChI=1S/C64H43NO/c1-3-17-44(18-4-1)51-37-40-57(56-26-10-9-25-54(56)46-20-5-2-6-21-46)61(43-51)58-27-11-13-31-62(58)65(53-24-15-23-49(42-53)50-34-33-45-19-7-8-22-48(45)41-50)52-38-35-47(36-39-52)55-29-16-30-60-59-28-12-14-32-63(59)66-64(55)60/h1-43H. The molecule has 0 saturated carbocycles. The first-order valence-corrected chi connectivity index (χ1v) is 22.6. The zero-order valence-electron chi connectivity index (χ0n) is 36.2. The summed E-state index contributed by atoms with van der Waals surface area (Å²) in [6.07, 6.45) is 0. The summed E-state index contributed by atoms with van der Waals surface area (Å²) in [4.78, 5) is 2.42. The maximum Gasteiger partial charge on any atom is 0.143 e. The lowest BCUT2D eigenvalue weighted by molar-refractivity contribution is 0.670. The normalized spacial score (nSPS) is 11.3. The molecule has 0 fully saturated rings. The number of rotatable bonds is 9. The van der Waals surface area contributed by atoms with Crippen LogP contribution in [0.15, 0.2) is 265 Å². The molecular weight excluding hydrogens is 799 g/mol. The number of hydrogen-bond acceptors (Lipinski definition) is 2. The van der Waals surface area contributed by atoms with E-state index < -0.39 is 0 Å². The van der Waals surface area contributed by atoms with Crippen LogP contribution in [-0.4, -0.2) is 0 Å². The van der Waals surface area contributed by atoms with Crippen molar-refractivity contribution >= 4 is 49.8 Å². The average molecular weight is 842 g/mol. The average Bonchev–Trinajstić information content (AvgIpc) is 3.79. The molecule has 0 aliphatic rings. The summed E-state index contributed by atoms with van der Waals surface area (Å²) in [5.41, 5.74) is 18.8. The van der Waals surface area contributed by atoms with Crippen LogP contribution in [0.25, 0.3) is 99.5 Å². The number of fused-ring (bicyclic) bond motifs is 4. The molecule has 0 spiro atoms. The lowest BCUT2D eigenvalue weighted by Gasteiger charge is -2.29. The van der Waals surface area contributed by atoms with E-state index in [1.54, 1.807) is 0 Å². The van der Waals surface area contributed by atoms with Gasteiger partial charge in [-0.15, -0.1) is 0 Å². The maximum atomic E-state index is 6.52. The Morgan fingerprint density at radius 3 is 1.64 bits per heavy atom. The Kier molecular flexibility index (Phi) is 9.89. The molecule has 0 aliphatic carbocycles. The maximum absolute atomic E-state index is 6.52. The van der Waals surface area contributed by atoms with Gasteiger partial charge >= 0.3 is 0 Å². The van der Waals surface area contributed by atoms with Crippen molar-refractivity contribution in [2.45, 2.75) is 0 Å². The van der Waals surface area contributed by atoms with Crippen LogP contribution in [0, 0.1) is 0 Å². The number of hydrogen-bond donors (Lipinski definition) is 0. The molecule has 12 aromatic rings. The number of benzene rings is 11. The molecule has 0 aliphatic heterocycles. The second-order valence-electron chi connectivity index (χ2n) is 16.8. The Hall–Kier alpha value is -8.72. The van der Waals surface area contributed by atoms with Gasteiger partial charge < -0.3 is 9.32 Å². The van der Waals surface area contributed by atoms with E-state index in [2.05, 4.69) is 254 Å². The SMILES string of the molecule is c1ccc(-c2ccc(-c3ccccc3-c3ccccc3)c(-c3ccccc3N(c3ccc(-c4cccc5c4oc4ccccc45)cc3)c3cccc(-c4ccc5ccccc5c4)c3)c2)cc1. The van der Waals surface area contributed by atoms with Gasteiger partial charge in [-0.05, 0) is 115 Å². The van der Waals surface area contributed by atoms with Crippen LogP contribution < -0.4 is 4.90 Å². The van der Waals surface area contributed by atoms with E-state index in [1.165, 1.54) is 44.2 Å². The number of furan rings is 1. The molecule has 0 atom stereocenters. The fraction of sp³-hybridized carbons (Fsp3) is 0. The van der Waals surface area contributed by atoms with Crippen molar-refractivity contribution in [3.8, 4) is 66.8 Å². The summed E-state index contributed by atoms with van der Waals surface area (Å²) in [5, 5.41) is 4.70. The summed E-state index contributed by atoms with van der Waals surface area (Å²) in [7, 11) is 0. The molecular formula is C64H43NO. The predicted molar refractivity (Wildman–Crippen MR) is 279 cm³/mol. The second kappa shape index (κ2) is 16.8. The summed E-state index contributed by atoms with van der Waals surface area (Å²) >= 11 is 0. The van der Waals surface area contributed by atoms with Crippen molar-refractivity contribution in [3.05, 3.63) is 261 Å². The minimum Gasteiger partial charge on any atom is -0.455 e. The van der Waals surface area contributed by atoms with Gasteiger partial charge in [-0.25, -0.2) is 0 Å². The highest BCUT2D eigenvalue weighted by atomic mass is 16.3. The summed E-state index contributed by atoms with van der Waals surface area (Å²) in [5.74, 6) is 0. The van der Waals surface area contributed by atoms with Crippen molar-refractivity contribution in [2.75, 3.05) is 4.90 Å². The third-order valence-corrected chi connectivity index (χ3v) is 12.9. The Morgan fingerprint density at radius 1 is 0.258 bits per heavy atom. The van der Waals surface area contributed by atoms with Crippen LogP contribution in [-0.2, 0) is 0 Å². The van der Waals surface area contributed by atoms with Gasteiger partial charge in [-0.2, -0.15) is 0 Å². The Labute approximate surface area is 384 Å². The van der Waals surface area contributed by atoms with Gasteiger partial charge in [0.25, 0.3) is 0 Å². The zero-order valence-corrected chi connectivity index (χ0v) is 36.2. The van der Waals surface area contributed by atoms with Crippen LogP contribution in [0.2, 0.25) is 0 Å². The van der Waals surface area contributed by atoms with Crippen molar-refractivity contribution in [1.29, 1.82) is 0 Å². The molecule has 11 aromatic carbocycles. The van der Waals surface area contributed by atoms with Gasteiger partial charge in [0.2, 0.25) is 0 Å². The monoisotopic (exact) mass is 841 g/mol. The molecule has 66 heavy (non-hydrogen) atoms. The number of nitrogens with zero attached hydrogens (tertiary/aromatic N) is 1. The molecule has 0 bridgehead atoms. The minimum atomic E-state index is 0.896. The molecule has 0 N–H and O–H groups in total. The molecule has 2 heteroatoms. The smallest absolute Gasteiger partial charge is 0.143 e. The largest absolute Gasteiger partial charge is 0.455 e. The van der Waals surface area contributed by atoms with Gasteiger partial charge in [-0.3, -0.25) is 0 Å². The Bertz CT molecular complexity index is 3700. The van der Waals surface area contributed by atoms with Crippen LogP contribution in [0.5, 0.6) is 0 Å². The number of para-hydroxylation sites is 3. The summed E-state index contributed by atoms with van der Waals surface area (Å²) < 4.78 is 6.52. The first-order valence-electron chi connectivity index (χ1n) is 22.6. The van der Waals surface area contributed by atoms with Gasteiger partial charge in [0.1, 0.15) is 11.2 Å². The van der Waals surface area contributed by atoms with Crippen molar-refractivity contribution in [2.24, 2.45) is 0 Å². The molecule has 0 amide bonds. The van der Waals surface area contributed by atoms with E-state index in [0.29, 0.717) is 0 Å². The summed E-state index contributed by atoms with van der Waals surface area (Å²) in [6.45, 7) is 0. The highest BCUT2D eigenvalue weighted by Crippen LogP contribution is 2.47. The van der Waals surface area contributed by atoms with Crippen molar-refractivity contribution < 1.29 is 4.42 Å². The van der Waals surface area contributed by atoms with Crippen LogP contribution >= 0.6 is 0 Å². The molecule has 1 heterocycles. The number of anilines is 3. The predicted octanol–water partition coefficient (Wildman–Crippen LogP) is 18.2. The highest BCUT2D eigenvalue weighted by molar-refractivity contribution is 6.09. The third kappa shape index (κ3) is 7.12. The van der Waals surface area contributed by atoms with E-state index in [-0.39, 0.29) is 0 Å². The van der Waals surface area contributed by atoms with E-state index in [4.69, 9.17) is 4.42 Å². The zero-order chi connectivity index (χ0) is 43.8. The summed E-state index contributed by atoms with van der Waals surface area (Å²) in [6, 6.07) is 94.1. The van der Waals surface area contributed by atoms with Crippen LogP contribution in [0.3, 0.4) is 0 Å². The molecule has 310 valence electrons. The molecule has 12 rings (SSSR count). The second-order valence-corrected chi connectivity index (χ2v) is 16.8. The Balaban J connectivity index is 1.06. The highest BCUT2D eigenvalue weighted by Gasteiger charge is 2.22. The first kappa shape index (κ1) is 38.9. The van der Waals surface area contributed by atoms with Crippen LogP contribution in [0.4, 0.5) is 17.1 Å². The lowest BCUT2D eigenvalue weighted by atomic mass is 9.86. The Morgan fingerprint density at radius 2 is 0.803 bits per heavy atom. The molecule has 1 aromatic heterocycles. The third-order valence-electron chi connectivity index (χ3n) is 12.9. The van der Waals surface area contributed by atoms with Gasteiger partial charge in [0, 0.05) is 33.3 Å². The molecule has 0 unspecified atom stereocenters. The quantitative estimate of drug-likeness (QED) is 0.144. The van der Waals surface area contributed by atoms with Gasteiger partial charge in [-0.1, -0.05) is 212 Å². The fourth-order valence-electron chi connectivity index (χ4n) is 9.68. The van der Waals surface area contributed by atoms with E-state index >= 15 is 0 Å². The molecule has 0 radical (unpaired) electrons. The van der Waals surface area contributed by atoms with E-state index in [0.717, 1.165) is 72.4 Å². The molecule has 2 nitrogen and oxygen atoms in total. The van der Waals surface area contributed by atoms with Crippen molar-refractivity contribution in [1.82, 2.24) is 0 Å². The van der Waals surface area contributed by atoms with Crippen LogP contribution in [0.1, 0.15) is 0 Å². The molecule has 0 saturated heterocycles. The van der Waals surface area contributed by atoms with E-state index in [1.807, 2.05) is 12.1 Å². The van der Waals surface area contributed by atoms with Gasteiger partial charge in [0.15, 0.2) is 0 Å². The minimum absolute atomic E-state index is 0.896. The fourth-order valence-corrected chi connectivity index (χ4v) is 9.68. The first-order chi connectivity index (χ1) is 32.7. The lowest BCUT2D eigenvalue weighted by Crippen LogP contribution is -2.11.